The number of amides is 1. The molecule has 1 amide bonds. The molecule has 0 aromatic heterocycles. The smallest absolute Gasteiger partial charge is 0.272 e. The molecule has 2 rings (SSSR count). The first kappa shape index (κ1) is 43.8. The van der Waals surface area contributed by atoms with Crippen molar-refractivity contribution in [2.24, 2.45) is 0 Å². The van der Waals surface area contributed by atoms with Gasteiger partial charge in [0.25, 0.3) is 9.70 Å². The topological polar surface area (TPSA) is 143 Å². The molecule has 0 aromatic carbocycles. The van der Waals surface area contributed by atoms with E-state index in [1.54, 1.807) is 0 Å². The van der Waals surface area contributed by atoms with Crippen molar-refractivity contribution in [3.8, 4) is 0 Å². The van der Waals surface area contributed by atoms with Crippen molar-refractivity contribution in [2.75, 3.05) is 46.2 Å². The van der Waals surface area contributed by atoms with Gasteiger partial charge in [0.05, 0.1) is 19.8 Å². The fourth-order valence-corrected chi connectivity index (χ4v) is 5.49. The predicted octanol–water partition coefficient (Wildman–Crippen LogP) is 4.60. The van der Waals surface area contributed by atoms with E-state index in [0.717, 1.165) is 44.9 Å². The Labute approximate surface area is 301 Å². The molecule has 2 fully saturated rings. The summed E-state index contributed by atoms with van der Waals surface area (Å²) >= 11 is 18.1. The summed E-state index contributed by atoms with van der Waals surface area (Å²) in [6.07, 6.45) is -0.849. The minimum absolute atomic E-state index is 0.0971. The highest BCUT2D eigenvalue weighted by atomic mass is 35.6. The molecule has 3 N–H and O–H groups in total. The molecule has 0 aromatic rings. The summed E-state index contributed by atoms with van der Waals surface area (Å²) in [6.45, 7) is 13.1. The number of alkyl halides is 3. The van der Waals surface area contributed by atoms with Gasteiger partial charge in [0.15, 0.2) is 12.6 Å². The first-order chi connectivity index (χ1) is 23.1. The number of rotatable bonds is 24. The highest BCUT2D eigenvalue weighted by Gasteiger charge is 2.54. The Morgan fingerprint density at radius 3 is 1.88 bits per heavy atom. The van der Waals surface area contributed by atoms with E-state index >= 15 is 0 Å². The van der Waals surface area contributed by atoms with Gasteiger partial charge in [-0.05, 0) is 25.7 Å². The van der Waals surface area contributed by atoms with Crippen molar-refractivity contribution >= 4 is 40.7 Å². The molecule has 48 heavy (non-hydrogen) atoms. The number of unbranched alkanes of at least 4 members (excludes halogenated alkanes) is 4. The van der Waals surface area contributed by atoms with Crippen molar-refractivity contribution in [3.05, 3.63) is 12.7 Å². The molecule has 2 aliphatic rings. The first-order valence-electron chi connectivity index (χ1n) is 17.4. The maximum absolute atomic E-state index is 13.2. The maximum atomic E-state index is 13.2. The number of ether oxygens (including phenoxy) is 8. The Balaban J connectivity index is 2.58. The number of carbonyl (C=O) groups excluding carboxylic acids is 1. The minimum atomic E-state index is -2.31. The number of nitrogens with one attached hydrogen (secondary N) is 1. The Kier molecular flexibility index (Phi) is 21.9. The van der Waals surface area contributed by atoms with Gasteiger partial charge in [-0.1, -0.05) is 94.3 Å². The Hall–Kier alpha value is -0.320. The van der Waals surface area contributed by atoms with Crippen LogP contribution in [0.3, 0.4) is 0 Å². The van der Waals surface area contributed by atoms with Crippen LogP contribution in [0.1, 0.15) is 79.1 Å². The Morgan fingerprint density at radius 2 is 1.33 bits per heavy atom. The lowest BCUT2D eigenvalue weighted by Crippen LogP contribution is -2.69. The van der Waals surface area contributed by atoms with Gasteiger partial charge in [0, 0.05) is 26.4 Å². The molecule has 0 radical (unpaired) electrons. The summed E-state index contributed by atoms with van der Waals surface area (Å²) in [5, 5.41) is 24.6. The normalized spacial score (nSPS) is 31.1. The molecule has 282 valence electrons. The first-order valence-corrected chi connectivity index (χ1v) is 18.5. The van der Waals surface area contributed by atoms with Gasteiger partial charge in [-0.15, -0.1) is 6.58 Å². The molecule has 4 unspecified atom stereocenters. The number of hydrogen-bond acceptors (Lipinski definition) is 11. The highest BCUT2D eigenvalue weighted by molar-refractivity contribution is 6.76. The largest absolute Gasteiger partial charge is 0.394 e. The van der Waals surface area contributed by atoms with Crippen LogP contribution < -0.4 is 5.32 Å². The third-order valence-electron chi connectivity index (χ3n) is 8.01. The van der Waals surface area contributed by atoms with E-state index in [4.69, 9.17) is 72.7 Å². The quantitative estimate of drug-likeness (QED) is 0.0724. The molecular weight excluding hydrogens is 693 g/mol. The van der Waals surface area contributed by atoms with Crippen LogP contribution in [-0.4, -0.2) is 128 Å². The number of aliphatic hydroxyl groups is 2. The van der Waals surface area contributed by atoms with Crippen molar-refractivity contribution in [3.63, 3.8) is 0 Å². The average molecular weight is 751 g/mol. The van der Waals surface area contributed by atoms with Gasteiger partial charge in [0.2, 0.25) is 0 Å². The predicted molar refractivity (Wildman–Crippen MR) is 183 cm³/mol. The molecule has 0 aliphatic carbocycles. The number of hydrogen-bond donors (Lipinski definition) is 3. The van der Waals surface area contributed by atoms with Crippen LogP contribution >= 0.6 is 34.8 Å². The van der Waals surface area contributed by atoms with Crippen LogP contribution in [0.4, 0.5) is 0 Å². The maximum Gasteiger partial charge on any atom is 0.272 e. The second-order valence-electron chi connectivity index (χ2n) is 12.0. The van der Waals surface area contributed by atoms with E-state index in [0.29, 0.717) is 32.8 Å². The fraction of sp³-hybridized carbons (Fsp3) is 0.909. The van der Waals surface area contributed by atoms with Crippen molar-refractivity contribution in [2.45, 2.75) is 144 Å². The third kappa shape index (κ3) is 14.0. The van der Waals surface area contributed by atoms with Crippen LogP contribution in [-0.2, 0) is 42.7 Å². The van der Waals surface area contributed by atoms with E-state index in [1.165, 1.54) is 6.08 Å². The van der Waals surface area contributed by atoms with Gasteiger partial charge in [-0.25, -0.2) is 0 Å². The molecule has 2 saturated heterocycles. The van der Waals surface area contributed by atoms with E-state index in [2.05, 4.69) is 25.7 Å². The molecule has 0 saturated carbocycles. The second-order valence-corrected chi connectivity index (χ2v) is 14.3. The standard InChI is InChI=1S/C33H58Cl3NO11/c1-6-11-16-41-21-23-26(42-17-12-7-2)28(43-18-13-8-3)24(37-32(40)33(34,35)36)30(47-23)48-27-22(20-38)46-31(45-15-10-5)25(39)29(27)44-19-14-9-4/h10,22-31,38-39H,5-9,11-21H2,1-4H3,(H,37,40)/t22?,23?,24-,25?,26-,27+,28?,29+,30-,31-/m0/s1. The van der Waals surface area contributed by atoms with Crippen LogP contribution in [0.2, 0.25) is 0 Å². The summed E-state index contributed by atoms with van der Waals surface area (Å²) in [5.41, 5.74) is 0. The Bertz CT molecular complexity index is 886. The molecule has 2 heterocycles. The summed E-state index contributed by atoms with van der Waals surface area (Å²) in [6, 6.07) is -1.06. The van der Waals surface area contributed by atoms with Gasteiger partial charge < -0.3 is 53.4 Å². The zero-order valence-electron chi connectivity index (χ0n) is 28.9. The van der Waals surface area contributed by atoms with Gasteiger partial charge >= 0.3 is 0 Å². The molecular formula is C33H58Cl3NO11. The van der Waals surface area contributed by atoms with E-state index in [-0.39, 0.29) is 13.2 Å². The number of carbonyl (C=O) groups is 1. The third-order valence-corrected chi connectivity index (χ3v) is 8.53. The van der Waals surface area contributed by atoms with E-state index in [9.17, 15) is 15.0 Å². The summed E-state index contributed by atoms with van der Waals surface area (Å²) < 4.78 is 47.4. The number of halogens is 3. The summed E-state index contributed by atoms with van der Waals surface area (Å²) in [4.78, 5) is 13.2. The molecule has 15 heteroatoms. The van der Waals surface area contributed by atoms with Gasteiger partial charge in [-0.3, -0.25) is 4.79 Å². The zero-order valence-corrected chi connectivity index (χ0v) is 31.1. The van der Waals surface area contributed by atoms with Crippen LogP contribution in [0, 0.1) is 0 Å². The van der Waals surface area contributed by atoms with Crippen LogP contribution in [0.5, 0.6) is 0 Å². The molecule has 0 spiro atoms. The molecule has 0 bridgehead atoms. The van der Waals surface area contributed by atoms with Gasteiger partial charge in [-0.2, -0.15) is 0 Å². The molecule has 12 nitrogen and oxygen atoms in total. The van der Waals surface area contributed by atoms with Crippen molar-refractivity contribution < 1.29 is 52.9 Å². The lowest BCUT2D eigenvalue weighted by atomic mass is 9.94. The summed E-state index contributed by atoms with van der Waals surface area (Å²) in [5.74, 6) is -0.920. The molecule has 10 atom stereocenters. The van der Waals surface area contributed by atoms with Crippen LogP contribution in [0.15, 0.2) is 12.7 Å². The highest BCUT2D eigenvalue weighted by Crippen LogP contribution is 2.34. The lowest BCUT2D eigenvalue weighted by molar-refractivity contribution is -0.353. The van der Waals surface area contributed by atoms with Crippen LogP contribution in [0.25, 0.3) is 0 Å². The van der Waals surface area contributed by atoms with Crippen molar-refractivity contribution in [1.29, 1.82) is 0 Å². The fourth-order valence-electron chi connectivity index (χ4n) is 5.33. The SMILES string of the molecule is C=CCO[C@H]1OC(CO)[C@@H](O[C@@H]2OC(COCCCC)[C@H](OCCCC)C(OCCCC)[C@@H]2NC(=O)C(Cl)(Cl)Cl)[C@H](OCCCC)C1O. The monoisotopic (exact) mass is 749 g/mol. The van der Waals surface area contributed by atoms with E-state index in [1.807, 2.05) is 13.8 Å². The number of aliphatic hydroxyl groups excluding tert-OH is 2. The second kappa shape index (κ2) is 24.0. The lowest BCUT2D eigenvalue weighted by Gasteiger charge is -2.50. The zero-order chi connectivity index (χ0) is 35.5. The molecule has 2 aliphatic heterocycles. The van der Waals surface area contributed by atoms with Crippen molar-refractivity contribution in [1.82, 2.24) is 5.32 Å². The van der Waals surface area contributed by atoms with Gasteiger partial charge in [0.1, 0.15) is 48.8 Å². The summed E-state index contributed by atoms with van der Waals surface area (Å²) in [7, 11) is 0. The Morgan fingerprint density at radius 1 is 0.792 bits per heavy atom. The average Bonchev–Trinajstić information content (AvgIpc) is 3.05. The minimum Gasteiger partial charge on any atom is -0.394 e. The van der Waals surface area contributed by atoms with E-state index < -0.39 is 77.7 Å².